The maximum absolute atomic E-state index is 5.73. The zero-order chi connectivity index (χ0) is 14.7. The molecule has 0 aliphatic carbocycles. The Morgan fingerprint density at radius 3 is 2.86 bits per heavy atom. The number of nitrogen functional groups attached to an aromatic ring is 1. The summed E-state index contributed by atoms with van der Waals surface area (Å²) in [4.78, 5) is 0. The van der Waals surface area contributed by atoms with Gasteiger partial charge in [-0.2, -0.15) is 0 Å². The van der Waals surface area contributed by atoms with Gasteiger partial charge in [-0.3, -0.25) is 0 Å². The molecule has 2 aromatic carbocycles. The highest BCUT2D eigenvalue weighted by atomic mass is 79.9. The number of halogens is 1. The third-order valence-electron chi connectivity index (χ3n) is 3.40. The Bertz CT molecular complexity index is 751. The number of ether oxygens (including phenoxy) is 1. The zero-order valence-corrected chi connectivity index (χ0v) is 13.2. The fraction of sp³-hybridized carbons (Fsp3) is 0.176. The van der Waals surface area contributed by atoms with Gasteiger partial charge in [0, 0.05) is 39.9 Å². The minimum atomic E-state index is 0.680. The van der Waals surface area contributed by atoms with Crippen molar-refractivity contribution in [3.63, 3.8) is 0 Å². The molecule has 1 aromatic heterocycles. The number of fused-ring (bicyclic) bond motifs is 1. The van der Waals surface area contributed by atoms with Gasteiger partial charge in [-0.15, -0.1) is 0 Å². The van der Waals surface area contributed by atoms with Crippen LogP contribution in [0.1, 0.15) is 6.42 Å². The molecule has 0 aliphatic rings. The van der Waals surface area contributed by atoms with Crippen molar-refractivity contribution in [3.8, 4) is 5.75 Å². The van der Waals surface area contributed by atoms with Gasteiger partial charge in [0.25, 0.3) is 0 Å². The second-order valence-corrected chi connectivity index (χ2v) is 5.90. The van der Waals surface area contributed by atoms with Gasteiger partial charge in [-0.25, -0.2) is 0 Å². The van der Waals surface area contributed by atoms with E-state index in [0.717, 1.165) is 28.9 Å². The third-order valence-corrected chi connectivity index (χ3v) is 3.90. The number of anilines is 1. The summed E-state index contributed by atoms with van der Waals surface area (Å²) in [5.74, 6) is 0.830. The first-order chi connectivity index (χ1) is 10.2. The van der Waals surface area contributed by atoms with Crippen LogP contribution in [0.4, 0.5) is 5.69 Å². The molecule has 0 spiro atoms. The second kappa shape index (κ2) is 6.22. The maximum atomic E-state index is 5.73. The molecular formula is C17H17BrN2O. The van der Waals surface area contributed by atoms with E-state index in [4.69, 9.17) is 10.5 Å². The fourth-order valence-electron chi connectivity index (χ4n) is 2.40. The lowest BCUT2D eigenvalue weighted by Crippen LogP contribution is -2.03. The monoisotopic (exact) mass is 344 g/mol. The standard InChI is InChI=1S/C17H17BrN2O/c18-14-5-6-17-13(11-14)7-9-20(17)8-2-10-21-16-4-1-3-15(19)12-16/h1,3-7,9,11-12H,2,8,10,19H2. The van der Waals surface area contributed by atoms with Gasteiger partial charge in [0.1, 0.15) is 5.75 Å². The molecule has 0 saturated carbocycles. The fourth-order valence-corrected chi connectivity index (χ4v) is 2.77. The van der Waals surface area contributed by atoms with Crippen LogP contribution in [-0.4, -0.2) is 11.2 Å². The average molecular weight is 345 g/mol. The van der Waals surface area contributed by atoms with Crippen LogP contribution in [0.15, 0.2) is 59.2 Å². The van der Waals surface area contributed by atoms with Crippen LogP contribution in [0.3, 0.4) is 0 Å². The van der Waals surface area contributed by atoms with Crippen molar-refractivity contribution in [1.82, 2.24) is 4.57 Å². The molecule has 1 heterocycles. The predicted octanol–water partition coefficient (Wildman–Crippen LogP) is 4.46. The molecule has 0 fully saturated rings. The Hall–Kier alpha value is -1.94. The number of aromatic nitrogens is 1. The maximum Gasteiger partial charge on any atom is 0.121 e. The van der Waals surface area contributed by atoms with E-state index in [1.54, 1.807) is 0 Å². The van der Waals surface area contributed by atoms with Crippen LogP contribution in [0.2, 0.25) is 0 Å². The average Bonchev–Trinajstić information content (AvgIpc) is 2.86. The summed E-state index contributed by atoms with van der Waals surface area (Å²) < 4.78 is 9.08. The van der Waals surface area contributed by atoms with Crippen LogP contribution in [-0.2, 0) is 6.54 Å². The Kier molecular flexibility index (Phi) is 4.15. The largest absolute Gasteiger partial charge is 0.493 e. The summed E-state index contributed by atoms with van der Waals surface area (Å²) in [6, 6.07) is 16.0. The molecule has 3 rings (SSSR count). The lowest BCUT2D eigenvalue weighted by atomic mass is 10.2. The summed E-state index contributed by atoms with van der Waals surface area (Å²) in [6.07, 6.45) is 3.08. The Morgan fingerprint density at radius 2 is 2.00 bits per heavy atom. The highest BCUT2D eigenvalue weighted by Gasteiger charge is 2.01. The Labute approximate surface area is 132 Å². The highest BCUT2D eigenvalue weighted by molar-refractivity contribution is 9.10. The van der Waals surface area contributed by atoms with Crippen LogP contribution < -0.4 is 10.5 Å². The van der Waals surface area contributed by atoms with Crippen molar-refractivity contribution in [2.24, 2.45) is 0 Å². The van der Waals surface area contributed by atoms with Crippen molar-refractivity contribution >= 4 is 32.5 Å². The molecule has 0 unspecified atom stereocenters. The number of nitrogens with zero attached hydrogens (tertiary/aromatic N) is 1. The molecule has 0 saturated heterocycles. The molecule has 0 amide bonds. The van der Waals surface area contributed by atoms with Gasteiger partial charge in [0.2, 0.25) is 0 Å². The van der Waals surface area contributed by atoms with Crippen molar-refractivity contribution in [1.29, 1.82) is 0 Å². The van der Waals surface area contributed by atoms with E-state index in [2.05, 4.69) is 51.0 Å². The van der Waals surface area contributed by atoms with E-state index in [9.17, 15) is 0 Å². The van der Waals surface area contributed by atoms with Crippen LogP contribution in [0.5, 0.6) is 5.75 Å². The van der Waals surface area contributed by atoms with Crippen LogP contribution in [0.25, 0.3) is 10.9 Å². The Morgan fingerprint density at radius 1 is 1.10 bits per heavy atom. The third kappa shape index (κ3) is 3.39. The van der Waals surface area contributed by atoms with Crippen LogP contribution >= 0.6 is 15.9 Å². The molecule has 0 radical (unpaired) electrons. The quantitative estimate of drug-likeness (QED) is 0.548. The molecule has 0 atom stereocenters. The van der Waals surface area contributed by atoms with Gasteiger partial charge < -0.3 is 15.0 Å². The first-order valence-corrected chi connectivity index (χ1v) is 7.74. The number of hydrogen-bond acceptors (Lipinski definition) is 2. The van der Waals surface area contributed by atoms with Crippen molar-refractivity contribution in [2.75, 3.05) is 12.3 Å². The summed E-state index contributed by atoms with van der Waals surface area (Å²) in [7, 11) is 0. The molecule has 21 heavy (non-hydrogen) atoms. The number of nitrogens with two attached hydrogens (primary N) is 1. The van der Waals surface area contributed by atoms with Gasteiger partial charge >= 0.3 is 0 Å². The normalized spacial score (nSPS) is 10.9. The molecule has 3 aromatic rings. The van der Waals surface area contributed by atoms with Gasteiger partial charge in [0.05, 0.1) is 6.61 Å². The first kappa shape index (κ1) is 14.0. The molecule has 3 nitrogen and oxygen atoms in total. The molecule has 4 heteroatoms. The zero-order valence-electron chi connectivity index (χ0n) is 11.6. The summed E-state index contributed by atoms with van der Waals surface area (Å²) >= 11 is 3.50. The molecule has 2 N–H and O–H groups in total. The van der Waals surface area contributed by atoms with Crippen molar-refractivity contribution in [2.45, 2.75) is 13.0 Å². The topological polar surface area (TPSA) is 40.2 Å². The van der Waals surface area contributed by atoms with Crippen LogP contribution in [0, 0.1) is 0 Å². The van der Waals surface area contributed by atoms with Gasteiger partial charge in [-0.05, 0) is 42.8 Å². The van der Waals surface area contributed by atoms with Crippen molar-refractivity contribution in [3.05, 3.63) is 59.2 Å². The predicted molar refractivity (Wildman–Crippen MR) is 90.6 cm³/mol. The minimum absolute atomic E-state index is 0.680. The first-order valence-electron chi connectivity index (χ1n) is 6.95. The van der Waals surface area contributed by atoms with E-state index in [0.29, 0.717) is 6.61 Å². The lowest BCUT2D eigenvalue weighted by molar-refractivity contribution is 0.303. The second-order valence-electron chi connectivity index (χ2n) is 4.99. The van der Waals surface area contributed by atoms with E-state index in [1.807, 2.05) is 24.3 Å². The molecule has 0 aliphatic heterocycles. The highest BCUT2D eigenvalue weighted by Crippen LogP contribution is 2.21. The molecule has 108 valence electrons. The molecular weight excluding hydrogens is 328 g/mol. The summed E-state index contributed by atoms with van der Waals surface area (Å²) in [5, 5.41) is 1.25. The number of benzene rings is 2. The van der Waals surface area contributed by atoms with E-state index < -0.39 is 0 Å². The van der Waals surface area contributed by atoms with E-state index >= 15 is 0 Å². The SMILES string of the molecule is Nc1cccc(OCCCn2ccc3cc(Br)ccc32)c1. The van der Waals surface area contributed by atoms with Gasteiger partial charge in [-0.1, -0.05) is 22.0 Å². The Balaban J connectivity index is 1.57. The van der Waals surface area contributed by atoms with Crippen molar-refractivity contribution < 1.29 is 4.74 Å². The van der Waals surface area contributed by atoms with E-state index in [-0.39, 0.29) is 0 Å². The number of aryl methyl sites for hydroxylation is 1. The lowest BCUT2D eigenvalue weighted by Gasteiger charge is -2.08. The molecule has 0 bridgehead atoms. The smallest absolute Gasteiger partial charge is 0.121 e. The minimum Gasteiger partial charge on any atom is -0.493 e. The summed E-state index contributed by atoms with van der Waals surface area (Å²) in [6.45, 7) is 1.62. The summed E-state index contributed by atoms with van der Waals surface area (Å²) in [5.41, 5.74) is 7.71. The van der Waals surface area contributed by atoms with Gasteiger partial charge in [0.15, 0.2) is 0 Å². The number of rotatable bonds is 5. The number of hydrogen-bond donors (Lipinski definition) is 1. The van der Waals surface area contributed by atoms with E-state index in [1.165, 1.54) is 10.9 Å².